The first-order valence-electron chi connectivity index (χ1n) is 6.92. The number of carbonyl (C=O) groups excluding carboxylic acids is 2. The average molecular weight is 300 g/mol. The summed E-state index contributed by atoms with van der Waals surface area (Å²) in [6.07, 6.45) is 3.30. The second kappa shape index (κ2) is 4.01. The molecule has 0 unspecified atom stereocenters. The van der Waals surface area contributed by atoms with Crippen molar-refractivity contribution in [2.45, 2.75) is 18.6 Å². The molecule has 112 valence electrons. The fourth-order valence-electron chi connectivity index (χ4n) is 3.63. The second-order valence-electron chi connectivity index (χ2n) is 5.91. The predicted molar refractivity (Wildman–Crippen MR) is 75.0 cm³/mol. The van der Waals surface area contributed by atoms with Gasteiger partial charge in [-0.2, -0.15) is 0 Å². The van der Waals surface area contributed by atoms with Crippen molar-refractivity contribution in [1.29, 1.82) is 0 Å². The molecule has 3 aliphatic rings. The maximum atomic E-state index is 12.7. The van der Waals surface area contributed by atoms with Crippen LogP contribution in [-0.4, -0.2) is 28.4 Å². The Hall–Kier alpha value is -2.54. The topological polar surface area (TPSA) is 89.8 Å². The van der Waals surface area contributed by atoms with E-state index in [1.54, 1.807) is 6.92 Å². The Kier molecular flexibility index (Phi) is 2.40. The molecule has 2 saturated heterocycles. The van der Waals surface area contributed by atoms with Gasteiger partial charge in [-0.25, -0.2) is 4.90 Å². The van der Waals surface area contributed by atoms with Crippen LogP contribution in [0, 0.1) is 22.0 Å². The maximum absolute atomic E-state index is 12.7. The van der Waals surface area contributed by atoms with Gasteiger partial charge >= 0.3 is 0 Å². The third-order valence-electron chi connectivity index (χ3n) is 4.65. The van der Waals surface area contributed by atoms with Crippen LogP contribution in [0.4, 0.5) is 11.4 Å². The summed E-state index contributed by atoms with van der Waals surface area (Å²) in [5, 5.41) is 10.7. The third kappa shape index (κ3) is 1.48. The number of imide groups is 1. The molecule has 0 N–H and O–H groups in total. The number of hydrogen-bond acceptors (Lipinski definition) is 5. The summed E-state index contributed by atoms with van der Waals surface area (Å²) in [6, 6.07) is 5.42. The molecule has 22 heavy (non-hydrogen) atoms. The number of nitro groups is 1. The van der Waals surface area contributed by atoms with Crippen molar-refractivity contribution >= 4 is 23.2 Å². The van der Waals surface area contributed by atoms with Crippen LogP contribution in [0.1, 0.15) is 6.92 Å². The average Bonchev–Trinajstić information content (AvgIpc) is 3.08. The maximum Gasteiger partial charge on any atom is 0.269 e. The highest BCUT2D eigenvalue weighted by Gasteiger charge is 2.66. The van der Waals surface area contributed by atoms with Crippen molar-refractivity contribution in [2.75, 3.05) is 4.90 Å². The molecular weight excluding hydrogens is 288 g/mol. The number of benzene rings is 1. The molecule has 2 bridgehead atoms. The summed E-state index contributed by atoms with van der Waals surface area (Å²) >= 11 is 0. The minimum absolute atomic E-state index is 0.0833. The summed E-state index contributed by atoms with van der Waals surface area (Å²) in [4.78, 5) is 36.6. The first kappa shape index (κ1) is 13.1. The zero-order chi connectivity index (χ0) is 15.6. The van der Waals surface area contributed by atoms with Crippen LogP contribution in [-0.2, 0) is 14.3 Å². The number of amides is 2. The van der Waals surface area contributed by atoms with Gasteiger partial charge in [0.2, 0.25) is 11.8 Å². The number of nitrogens with zero attached hydrogens (tertiary/aromatic N) is 2. The Labute approximate surface area is 125 Å². The molecule has 3 heterocycles. The standard InChI is InChI=1S/C15H12N2O5/c1-15-7-6-10(22-15)11-12(15)14(19)16(13(11)18)8-2-4-9(5-3-8)17(20)21/h2-7,10-12H,1H3/t10-,11-,12-,15-/m1/s1. The van der Waals surface area contributed by atoms with E-state index in [0.717, 1.165) is 4.90 Å². The summed E-state index contributed by atoms with van der Waals surface area (Å²) in [7, 11) is 0. The number of hydrogen-bond donors (Lipinski definition) is 0. The highest BCUT2D eigenvalue weighted by atomic mass is 16.6. The number of anilines is 1. The summed E-state index contributed by atoms with van der Waals surface area (Å²) < 4.78 is 5.73. The molecule has 1 aromatic rings. The summed E-state index contributed by atoms with van der Waals surface area (Å²) in [5.41, 5.74) is -0.462. The number of non-ortho nitro benzene ring substituents is 1. The number of rotatable bonds is 2. The van der Waals surface area contributed by atoms with Crippen LogP contribution in [0.5, 0.6) is 0 Å². The molecule has 7 heteroatoms. The SMILES string of the molecule is C[C@]12C=C[C@@H](O1)[C@H]1C(=O)N(c3ccc([N+](=O)[O-])cc3)C(=O)[C@@H]12. The van der Waals surface area contributed by atoms with E-state index in [2.05, 4.69) is 0 Å². The van der Waals surface area contributed by atoms with Crippen LogP contribution < -0.4 is 4.90 Å². The lowest BCUT2D eigenvalue weighted by Gasteiger charge is -2.24. The largest absolute Gasteiger partial charge is 0.362 e. The molecule has 0 spiro atoms. The molecule has 2 amide bonds. The van der Waals surface area contributed by atoms with Crippen LogP contribution in [0.25, 0.3) is 0 Å². The number of nitro benzene ring substituents is 1. The number of fused-ring (bicyclic) bond motifs is 5. The summed E-state index contributed by atoms with van der Waals surface area (Å²) in [6.45, 7) is 1.80. The van der Waals surface area contributed by atoms with Crippen LogP contribution >= 0.6 is 0 Å². The van der Waals surface area contributed by atoms with Crippen molar-refractivity contribution < 1.29 is 19.2 Å². The van der Waals surface area contributed by atoms with Gasteiger partial charge in [-0.05, 0) is 19.1 Å². The lowest BCUT2D eigenvalue weighted by Crippen LogP contribution is -2.38. The molecule has 0 aliphatic carbocycles. The highest BCUT2D eigenvalue weighted by molar-refractivity contribution is 6.23. The third-order valence-corrected chi connectivity index (χ3v) is 4.65. The van der Waals surface area contributed by atoms with E-state index < -0.39 is 22.4 Å². The van der Waals surface area contributed by atoms with Gasteiger partial charge in [0.25, 0.3) is 5.69 Å². The van der Waals surface area contributed by atoms with Crippen molar-refractivity contribution in [3.05, 3.63) is 46.5 Å². The highest BCUT2D eigenvalue weighted by Crippen LogP contribution is 2.52. The van der Waals surface area contributed by atoms with Gasteiger partial charge in [0.05, 0.1) is 34.2 Å². The molecule has 2 fully saturated rings. The van der Waals surface area contributed by atoms with Gasteiger partial charge in [0, 0.05) is 12.1 Å². The Morgan fingerprint density at radius 3 is 2.50 bits per heavy atom. The Balaban J connectivity index is 1.71. The normalized spacial score (nSPS) is 35.3. The van der Waals surface area contributed by atoms with E-state index in [0.29, 0.717) is 5.69 Å². The van der Waals surface area contributed by atoms with Gasteiger partial charge in [-0.15, -0.1) is 0 Å². The first-order valence-corrected chi connectivity index (χ1v) is 6.92. The fourth-order valence-corrected chi connectivity index (χ4v) is 3.63. The Bertz CT molecular complexity index is 741. The molecule has 1 aromatic carbocycles. The Morgan fingerprint density at radius 1 is 1.23 bits per heavy atom. The van der Waals surface area contributed by atoms with E-state index in [4.69, 9.17) is 4.74 Å². The molecular formula is C15H12N2O5. The smallest absolute Gasteiger partial charge is 0.269 e. The monoisotopic (exact) mass is 300 g/mol. The summed E-state index contributed by atoms with van der Waals surface area (Å²) in [5.74, 6) is -1.64. The zero-order valence-corrected chi connectivity index (χ0v) is 11.6. The molecule has 3 aliphatic heterocycles. The van der Waals surface area contributed by atoms with Crippen molar-refractivity contribution in [3.8, 4) is 0 Å². The number of carbonyl (C=O) groups is 2. The van der Waals surface area contributed by atoms with E-state index in [-0.39, 0.29) is 23.6 Å². The van der Waals surface area contributed by atoms with Gasteiger partial charge in [-0.3, -0.25) is 19.7 Å². The van der Waals surface area contributed by atoms with Gasteiger partial charge in [-0.1, -0.05) is 12.2 Å². The fraction of sp³-hybridized carbons (Fsp3) is 0.333. The quantitative estimate of drug-likeness (QED) is 0.357. The Morgan fingerprint density at radius 2 is 1.91 bits per heavy atom. The lowest BCUT2D eigenvalue weighted by atomic mass is 9.78. The van der Waals surface area contributed by atoms with Gasteiger partial charge in [0.1, 0.15) is 0 Å². The predicted octanol–water partition coefficient (Wildman–Crippen LogP) is 1.43. The van der Waals surface area contributed by atoms with Crippen LogP contribution in [0.2, 0.25) is 0 Å². The van der Waals surface area contributed by atoms with E-state index >= 15 is 0 Å². The van der Waals surface area contributed by atoms with E-state index in [1.165, 1.54) is 24.3 Å². The minimum Gasteiger partial charge on any atom is -0.362 e. The molecule has 0 radical (unpaired) electrons. The number of ether oxygens (including phenoxy) is 1. The van der Waals surface area contributed by atoms with E-state index in [1.807, 2.05) is 12.2 Å². The first-order chi connectivity index (χ1) is 10.4. The van der Waals surface area contributed by atoms with Crippen molar-refractivity contribution in [2.24, 2.45) is 11.8 Å². The second-order valence-corrected chi connectivity index (χ2v) is 5.91. The molecule has 4 rings (SSSR count). The van der Waals surface area contributed by atoms with Gasteiger partial charge in [0.15, 0.2) is 0 Å². The van der Waals surface area contributed by atoms with Crippen LogP contribution in [0.15, 0.2) is 36.4 Å². The van der Waals surface area contributed by atoms with Crippen molar-refractivity contribution in [1.82, 2.24) is 0 Å². The molecule has 4 atom stereocenters. The molecule has 7 nitrogen and oxygen atoms in total. The minimum atomic E-state index is -0.738. The van der Waals surface area contributed by atoms with E-state index in [9.17, 15) is 19.7 Å². The van der Waals surface area contributed by atoms with Gasteiger partial charge < -0.3 is 4.74 Å². The molecule has 0 aromatic heterocycles. The lowest BCUT2D eigenvalue weighted by molar-refractivity contribution is -0.384. The molecule has 0 saturated carbocycles. The zero-order valence-electron chi connectivity index (χ0n) is 11.6. The van der Waals surface area contributed by atoms with Crippen molar-refractivity contribution in [3.63, 3.8) is 0 Å². The van der Waals surface area contributed by atoms with Crippen LogP contribution in [0.3, 0.4) is 0 Å².